The second kappa shape index (κ2) is 9.34. The van der Waals surface area contributed by atoms with E-state index in [-0.39, 0.29) is 30.0 Å². The van der Waals surface area contributed by atoms with Crippen LogP contribution in [0.5, 0.6) is 5.75 Å². The molecule has 31 heavy (non-hydrogen) atoms. The van der Waals surface area contributed by atoms with Crippen LogP contribution in [-0.2, 0) is 13.6 Å². The molecule has 7 nitrogen and oxygen atoms in total. The van der Waals surface area contributed by atoms with Gasteiger partial charge in [0.2, 0.25) is 0 Å². The number of aliphatic imine (C=N–C) groups is 1. The standard InChI is InChI=1S/C23H32N6O.HI/c1-17-26-27-21(28(17)2)15-24-22(29-13-12-23(16-29)10-5-6-11-23)25-19-9-14-30-20-8-4-3-7-18(19)20;/h3-4,7-8,19H,5-6,9-16H2,1-2H3,(H,24,25);1H. The molecule has 1 saturated heterocycles. The molecule has 1 spiro atoms. The predicted octanol–water partition coefficient (Wildman–Crippen LogP) is 3.98. The normalized spacial score (nSPS) is 22.2. The minimum Gasteiger partial charge on any atom is -0.493 e. The van der Waals surface area contributed by atoms with E-state index in [4.69, 9.17) is 9.73 Å². The molecule has 1 aromatic carbocycles. The molecule has 0 bridgehead atoms. The first-order valence-electron chi connectivity index (χ1n) is 11.3. The topological polar surface area (TPSA) is 67.6 Å². The summed E-state index contributed by atoms with van der Waals surface area (Å²) < 4.78 is 7.89. The summed E-state index contributed by atoms with van der Waals surface area (Å²) in [6, 6.07) is 8.57. The van der Waals surface area contributed by atoms with Crippen LogP contribution < -0.4 is 10.1 Å². The van der Waals surface area contributed by atoms with Crippen molar-refractivity contribution in [2.45, 2.75) is 58.0 Å². The number of rotatable bonds is 3. The molecule has 3 aliphatic rings. The van der Waals surface area contributed by atoms with Gasteiger partial charge >= 0.3 is 0 Å². The Kier molecular flexibility index (Phi) is 6.74. The molecular formula is C23H33IN6O. The lowest BCUT2D eigenvalue weighted by molar-refractivity contribution is 0.258. The van der Waals surface area contributed by atoms with Gasteiger partial charge < -0.3 is 19.5 Å². The number of para-hydroxylation sites is 1. The molecule has 1 aliphatic carbocycles. The molecule has 0 amide bonds. The maximum absolute atomic E-state index is 5.87. The van der Waals surface area contributed by atoms with Crippen LogP contribution in [0.1, 0.15) is 61.8 Å². The molecule has 1 unspecified atom stereocenters. The lowest BCUT2D eigenvalue weighted by atomic mass is 9.86. The number of halogens is 1. The van der Waals surface area contributed by atoms with Gasteiger partial charge in [-0.25, -0.2) is 4.99 Å². The number of aryl methyl sites for hydroxylation is 1. The lowest BCUT2D eigenvalue weighted by Crippen LogP contribution is -2.44. The van der Waals surface area contributed by atoms with E-state index in [2.05, 4.69) is 38.6 Å². The van der Waals surface area contributed by atoms with Gasteiger partial charge in [-0.1, -0.05) is 31.0 Å². The highest BCUT2D eigenvalue weighted by molar-refractivity contribution is 14.0. The molecule has 0 radical (unpaired) electrons. The van der Waals surface area contributed by atoms with Crippen LogP contribution in [0, 0.1) is 12.3 Å². The Labute approximate surface area is 201 Å². The third-order valence-electron chi connectivity index (χ3n) is 7.22. The number of hydrogen-bond acceptors (Lipinski definition) is 4. The van der Waals surface area contributed by atoms with Gasteiger partial charge in [0.25, 0.3) is 0 Å². The molecule has 1 atom stereocenters. The number of benzene rings is 1. The highest BCUT2D eigenvalue weighted by atomic mass is 127. The van der Waals surface area contributed by atoms with Crippen molar-refractivity contribution in [3.8, 4) is 5.75 Å². The van der Waals surface area contributed by atoms with Crippen molar-refractivity contribution in [1.82, 2.24) is 25.0 Å². The van der Waals surface area contributed by atoms with E-state index in [1.165, 1.54) is 37.7 Å². The van der Waals surface area contributed by atoms with E-state index >= 15 is 0 Å². The van der Waals surface area contributed by atoms with E-state index in [1.54, 1.807) is 0 Å². The van der Waals surface area contributed by atoms with Gasteiger partial charge in [0.1, 0.15) is 18.1 Å². The van der Waals surface area contributed by atoms with Crippen LogP contribution in [0.4, 0.5) is 0 Å². The molecule has 2 fully saturated rings. The highest BCUT2D eigenvalue weighted by Gasteiger charge is 2.41. The van der Waals surface area contributed by atoms with Gasteiger partial charge in [-0.05, 0) is 37.7 Å². The Balaban J connectivity index is 0.00000231. The minimum atomic E-state index is 0. The van der Waals surface area contributed by atoms with E-state index in [9.17, 15) is 0 Å². The molecule has 2 aromatic rings. The van der Waals surface area contributed by atoms with Gasteiger partial charge in [0.15, 0.2) is 11.8 Å². The maximum atomic E-state index is 5.87. The Morgan fingerprint density at radius 2 is 2.03 bits per heavy atom. The van der Waals surface area contributed by atoms with Crippen molar-refractivity contribution in [3.05, 3.63) is 41.5 Å². The molecule has 168 valence electrons. The molecule has 1 N–H and O–H groups in total. The van der Waals surface area contributed by atoms with E-state index in [0.29, 0.717) is 12.0 Å². The van der Waals surface area contributed by atoms with Crippen LogP contribution in [-0.4, -0.2) is 45.3 Å². The number of likely N-dealkylation sites (tertiary alicyclic amines) is 1. The van der Waals surface area contributed by atoms with Crippen LogP contribution >= 0.6 is 24.0 Å². The van der Waals surface area contributed by atoms with Crippen LogP contribution in [0.2, 0.25) is 0 Å². The molecule has 3 heterocycles. The number of guanidine groups is 1. The summed E-state index contributed by atoms with van der Waals surface area (Å²) in [6.45, 7) is 5.43. The van der Waals surface area contributed by atoms with Crippen LogP contribution in [0.15, 0.2) is 29.3 Å². The second-order valence-electron chi connectivity index (χ2n) is 9.11. The fraction of sp³-hybridized carbons (Fsp3) is 0.609. The number of fused-ring (bicyclic) bond motifs is 1. The number of aromatic nitrogens is 3. The Hall–Kier alpha value is -1.84. The average Bonchev–Trinajstić information content (AvgIpc) is 3.49. The Bertz CT molecular complexity index is 936. The second-order valence-corrected chi connectivity index (χ2v) is 9.11. The Morgan fingerprint density at radius 3 is 2.81 bits per heavy atom. The average molecular weight is 536 g/mol. The van der Waals surface area contributed by atoms with E-state index < -0.39 is 0 Å². The van der Waals surface area contributed by atoms with Gasteiger partial charge in [0.05, 0.1) is 12.6 Å². The summed E-state index contributed by atoms with van der Waals surface area (Å²) in [5.41, 5.74) is 1.72. The molecule has 8 heteroatoms. The fourth-order valence-electron chi connectivity index (χ4n) is 5.27. The van der Waals surface area contributed by atoms with E-state index in [0.717, 1.165) is 49.5 Å². The van der Waals surface area contributed by atoms with Gasteiger partial charge in [-0.3, -0.25) is 0 Å². The van der Waals surface area contributed by atoms with Crippen molar-refractivity contribution in [2.24, 2.45) is 17.5 Å². The van der Waals surface area contributed by atoms with Gasteiger partial charge in [-0.15, -0.1) is 34.2 Å². The monoisotopic (exact) mass is 536 g/mol. The molecule has 5 rings (SSSR count). The van der Waals surface area contributed by atoms with Crippen LogP contribution in [0.25, 0.3) is 0 Å². The molecule has 1 saturated carbocycles. The smallest absolute Gasteiger partial charge is 0.194 e. The summed E-state index contributed by atoms with van der Waals surface area (Å²) in [5.74, 6) is 3.80. The highest BCUT2D eigenvalue weighted by Crippen LogP contribution is 2.45. The number of ether oxygens (including phenoxy) is 1. The summed E-state index contributed by atoms with van der Waals surface area (Å²) in [6.07, 6.45) is 7.69. The first-order chi connectivity index (χ1) is 14.6. The SMILES string of the molecule is Cc1nnc(CN=C(NC2CCOc3ccccc32)N2CCC3(CCCC3)C2)n1C.I. The zero-order valence-corrected chi connectivity index (χ0v) is 20.8. The first-order valence-corrected chi connectivity index (χ1v) is 11.3. The lowest BCUT2D eigenvalue weighted by Gasteiger charge is -2.32. The summed E-state index contributed by atoms with van der Waals surface area (Å²) >= 11 is 0. The van der Waals surface area contributed by atoms with Crippen molar-refractivity contribution in [2.75, 3.05) is 19.7 Å². The third-order valence-corrected chi connectivity index (χ3v) is 7.22. The summed E-state index contributed by atoms with van der Waals surface area (Å²) in [5, 5.41) is 12.3. The third kappa shape index (κ3) is 4.54. The zero-order chi connectivity index (χ0) is 20.6. The number of hydrogen-bond donors (Lipinski definition) is 1. The quantitative estimate of drug-likeness (QED) is 0.365. The predicted molar refractivity (Wildman–Crippen MR) is 132 cm³/mol. The van der Waals surface area contributed by atoms with Crippen molar-refractivity contribution < 1.29 is 4.74 Å². The first kappa shape index (κ1) is 22.4. The van der Waals surface area contributed by atoms with Crippen molar-refractivity contribution in [1.29, 1.82) is 0 Å². The number of nitrogens with zero attached hydrogens (tertiary/aromatic N) is 5. The molecule has 2 aliphatic heterocycles. The van der Waals surface area contributed by atoms with Crippen molar-refractivity contribution >= 4 is 29.9 Å². The fourth-order valence-corrected chi connectivity index (χ4v) is 5.27. The van der Waals surface area contributed by atoms with E-state index in [1.807, 2.05) is 24.6 Å². The Morgan fingerprint density at radius 1 is 1.23 bits per heavy atom. The van der Waals surface area contributed by atoms with Crippen molar-refractivity contribution in [3.63, 3.8) is 0 Å². The molecule has 1 aromatic heterocycles. The van der Waals surface area contributed by atoms with Gasteiger partial charge in [-0.2, -0.15) is 0 Å². The minimum absolute atomic E-state index is 0. The molecular weight excluding hydrogens is 503 g/mol. The zero-order valence-electron chi connectivity index (χ0n) is 18.5. The summed E-state index contributed by atoms with van der Waals surface area (Å²) in [7, 11) is 2.01. The number of nitrogens with one attached hydrogen (secondary N) is 1. The van der Waals surface area contributed by atoms with Gasteiger partial charge in [0, 0.05) is 32.1 Å². The maximum Gasteiger partial charge on any atom is 0.194 e. The van der Waals surface area contributed by atoms with Crippen LogP contribution in [0.3, 0.4) is 0 Å². The summed E-state index contributed by atoms with van der Waals surface area (Å²) in [4.78, 5) is 7.52. The largest absolute Gasteiger partial charge is 0.493 e.